The van der Waals surface area contributed by atoms with Gasteiger partial charge in [-0.2, -0.15) is 0 Å². The van der Waals surface area contributed by atoms with Gasteiger partial charge in [-0.3, -0.25) is 19.0 Å². The number of hydrogen-bond donors (Lipinski definition) is 2. The fourth-order valence-electron chi connectivity index (χ4n) is 5.16. The molecule has 0 amide bonds. The van der Waals surface area contributed by atoms with Crippen molar-refractivity contribution in [3.8, 4) is 11.4 Å². The fraction of sp³-hybridized carbons (Fsp3) is 0.391. The van der Waals surface area contributed by atoms with Crippen molar-refractivity contribution in [1.82, 2.24) is 19.4 Å². The quantitative estimate of drug-likeness (QED) is 0.670. The number of rotatable bonds is 4. The molecule has 2 N–H and O–H groups in total. The monoisotopic (exact) mass is 420 g/mol. The van der Waals surface area contributed by atoms with Crippen LogP contribution in [0.15, 0.2) is 52.1 Å². The van der Waals surface area contributed by atoms with Gasteiger partial charge in [-0.15, -0.1) is 0 Å². The highest BCUT2D eigenvalue weighted by Gasteiger charge is 2.33. The van der Waals surface area contributed by atoms with Crippen LogP contribution in [0.25, 0.3) is 22.4 Å². The molecule has 0 radical (unpaired) electrons. The van der Waals surface area contributed by atoms with E-state index in [-0.39, 0.29) is 23.0 Å². The maximum absolute atomic E-state index is 13.8. The summed E-state index contributed by atoms with van der Waals surface area (Å²) >= 11 is 0. The van der Waals surface area contributed by atoms with E-state index in [0.29, 0.717) is 17.6 Å². The molecule has 0 spiro atoms. The minimum atomic E-state index is -1.15. The Bertz CT molecular complexity index is 1270. The first-order valence-corrected chi connectivity index (χ1v) is 10.7. The lowest BCUT2D eigenvalue weighted by Crippen LogP contribution is -2.50. The number of carbonyl (C=O) groups is 1. The van der Waals surface area contributed by atoms with E-state index in [1.807, 2.05) is 28.8 Å². The molecular formula is C23H24N4O4. The predicted octanol–water partition coefficient (Wildman–Crippen LogP) is 2.16. The number of benzene rings is 1. The van der Waals surface area contributed by atoms with Crippen molar-refractivity contribution in [3.05, 3.63) is 63.2 Å². The van der Waals surface area contributed by atoms with Gasteiger partial charge in [0.2, 0.25) is 0 Å². The van der Waals surface area contributed by atoms with Crippen LogP contribution in [0.1, 0.15) is 38.1 Å². The zero-order valence-corrected chi connectivity index (χ0v) is 17.0. The number of carboxylic acids is 1. The van der Waals surface area contributed by atoms with Crippen LogP contribution in [0.4, 0.5) is 0 Å². The highest BCUT2D eigenvalue weighted by Crippen LogP contribution is 2.34. The summed E-state index contributed by atoms with van der Waals surface area (Å²) in [6.45, 7) is -0.527. The van der Waals surface area contributed by atoms with Gasteiger partial charge >= 0.3 is 5.97 Å². The van der Waals surface area contributed by atoms with Crippen LogP contribution in [0.3, 0.4) is 0 Å². The van der Waals surface area contributed by atoms with Crippen molar-refractivity contribution in [1.29, 1.82) is 0 Å². The number of para-hydroxylation sites is 2. The zero-order chi connectivity index (χ0) is 21.5. The number of carboxylic acid groups (broad SMARTS) is 1. The van der Waals surface area contributed by atoms with E-state index in [4.69, 9.17) is 0 Å². The third kappa shape index (κ3) is 3.57. The summed E-state index contributed by atoms with van der Waals surface area (Å²) in [5.74, 6) is -1.15. The molecule has 2 unspecified atom stereocenters. The average molecular weight is 420 g/mol. The standard InChI is InChI=1S/C23H24N4O4/c28-20-10-4-9-19(26(20)13-21(29)30)22-23(31)27(18-8-2-1-7-17(18)25-22)16-11-14-5-3-6-15(12-16)24-14/h1-2,4,7-10,14-16,24H,3,5-6,11-13H2,(H,29,30). The number of piperidine rings is 2. The third-order valence-corrected chi connectivity index (χ3v) is 6.44. The second-order valence-corrected chi connectivity index (χ2v) is 8.47. The molecule has 8 heteroatoms. The Morgan fingerprint density at radius 3 is 2.55 bits per heavy atom. The smallest absolute Gasteiger partial charge is 0.323 e. The first kappa shape index (κ1) is 19.7. The Hall–Kier alpha value is -3.26. The maximum atomic E-state index is 13.8. The summed E-state index contributed by atoms with van der Waals surface area (Å²) in [6, 6.07) is 12.7. The number of aliphatic carboxylic acids is 1. The number of nitrogens with one attached hydrogen (secondary N) is 1. The molecule has 2 saturated heterocycles. The molecule has 4 heterocycles. The van der Waals surface area contributed by atoms with Crippen LogP contribution in [-0.4, -0.2) is 37.3 Å². The SMILES string of the molecule is O=C(O)Cn1c(-c2nc3ccccc3n(C3CC4CCCC(C3)N4)c2=O)cccc1=O. The number of pyridine rings is 1. The molecule has 2 atom stereocenters. The van der Waals surface area contributed by atoms with E-state index in [0.717, 1.165) is 35.8 Å². The minimum Gasteiger partial charge on any atom is -0.480 e. The average Bonchev–Trinajstić information content (AvgIpc) is 2.74. The van der Waals surface area contributed by atoms with E-state index >= 15 is 0 Å². The van der Waals surface area contributed by atoms with Crippen molar-refractivity contribution in [2.45, 2.75) is 56.8 Å². The van der Waals surface area contributed by atoms with E-state index in [1.165, 1.54) is 18.6 Å². The predicted molar refractivity (Wildman–Crippen MR) is 116 cm³/mol. The van der Waals surface area contributed by atoms with Crippen molar-refractivity contribution >= 4 is 17.0 Å². The van der Waals surface area contributed by atoms with Gasteiger partial charge in [0.25, 0.3) is 11.1 Å². The minimum absolute atomic E-state index is 0.0269. The Kier molecular flexibility index (Phi) is 4.94. The highest BCUT2D eigenvalue weighted by molar-refractivity contribution is 5.78. The molecule has 0 aliphatic carbocycles. The number of fused-ring (bicyclic) bond motifs is 3. The summed E-state index contributed by atoms with van der Waals surface area (Å²) in [7, 11) is 0. The highest BCUT2D eigenvalue weighted by atomic mass is 16.4. The van der Waals surface area contributed by atoms with Crippen LogP contribution >= 0.6 is 0 Å². The van der Waals surface area contributed by atoms with Crippen molar-refractivity contribution in [3.63, 3.8) is 0 Å². The molecule has 1 aromatic carbocycles. The summed E-state index contributed by atoms with van der Waals surface area (Å²) in [5, 5.41) is 12.9. The van der Waals surface area contributed by atoms with Gasteiger partial charge in [-0.25, -0.2) is 4.98 Å². The summed E-state index contributed by atoms with van der Waals surface area (Å²) in [6.07, 6.45) is 5.14. The molecule has 2 fully saturated rings. The van der Waals surface area contributed by atoms with Crippen molar-refractivity contribution in [2.24, 2.45) is 0 Å². The van der Waals surface area contributed by atoms with Crippen LogP contribution in [0.2, 0.25) is 0 Å². The molecule has 2 aromatic heterocycles. The molecule has 2 bridgehead atoms. The molecule has 0 saturated carbocycles. The van der Waals surface area contributed by atoms with Crippen LogP contribution in [-0.2, 0) is 11.3 Å². The zero-order valence-electron chi connectivity index (χ0n) is 17.0. The Balaban J connectivity index is 1.73. The number of hydrogen-bond acceptors (Lipinski definition) is 5. The molecule has 31 heavy (non-hydrogen) atoms. The van der Waals surface area contributed by atoms with Gasteiger partial charge in [-0.05, 0) is 43.9 Å². The van der Waals surface area contributed by atoms with Crippen LogP contribution < -0.4 is 16.4 Å². The second-order valence-electron chi connectivity index (χ2n) is 8.47. The topological polar surface area (TPSA) is 106 Å². The lowest BCUT2D eigenvalue weighted by molar-refractivity contribution is -0.137. The maximum Gasteiger partial charge on any atom is 0.323 e. The van der Waals surface area contributed by atoms with Gasteiger partial charge < -0.3 is 15.0 Å². The van der Waals surface area contributed by atoms with Gasteiger partial charge in [-0.1, -0.05) is 24.6 Å². The molecule has 160 valence electrons. The van der Waals surface area contributed by atoms with Crippen molar-refractivity contribution in [2.75, 3.05) is 0 Å². The van der Waals surface area contributed by atoms with Gasteiger partial charge in [0.05, 0.1) is 16.7 Å². The van der Waals surface area contributed by atoms with Gasteiger partial charge in [0.15, 0.2) is 5.69 Å². The first-order valence-electron chi connectivity index (χ1n) is 10.7. The summed E-state index contributed by atoms with van der Waals surface area (Å²) < 4.78 is 2.93. The number of aromatic nitrogens is 3. The Labute approximate surface area is 178 Å². The fourth-order valence-corrected chi connectivity index (χ4v) is 5.16. The number of nitrogens with zero attached hydrogens (tertiary/aromatic N) is 3. The van der Waals surface area contributed by atoms with E-state index < -0.39 is 18.1 Å². The molecular weight excluding hydrogens is 396 g/mol. The molecule has 5 rings (SSSR count). The largest absolute Gasteiger partial charge is 0.480 e. The van der Waals surface area contributed by atoms with E-state index in [2.05, 4.69) is 10.3 Å². The summed E-state index contributed by atoms with van der Waals surface area (Å²) in [5.41, 5.74) is 1.00. The van der Waals surface area contributed by atoms with Crippen LogP contribution in [0.5, 0.6) is 0 Å². The first-order chi connectivity index (χ1) is 15.0. The van der Waals surface area contributed by atoms with E-state index in [1.54, 1.807) is 6.07 Å². The molecule has 3 aromatic rings. The van der Waals surface area contributed by atoms with Gasteiger partial charge in [0.1, 0.15) is 6.54 Å². The Morgan fingerprint density at radius 1 is 1.06 bits per heavy atom. The Morgan fingerprint density at radius 2 is 1.81 bits per heavy atom. The molecule has 2 aliphatic rings. The van der Waals surface area contributed by atoms with Crippen LogP contribution in [0, 0.1) is 0 Å². The lowest BCUT2D eigenvalue weighted by Gasteiger charge is -2.41. The van der Waals surface area contributed by atoms with Crippen molar-refractivity contribution < 1.29 is 9.90 Å². The lowest BCUT2D eigenvalue weighted by atomic mass is 9.84. The summed E-state index contributed by atoms with van der Waals surface area (Å²) in [4.78, 5) is 42.1. The normalized spacial score (nSPS) is 23.0. The van der Waals surface area contributed by atoms with E-state index in [9.17, 15) is 19.5 Å². The van der Waals surface area contributed by atoms with Gasteiger partial charge in [0, 0.05) is 24.2 Å². The second kappa shape index (κ2) is 7.77. The molecule has 2 aliphatic heterocycles. The third-order valence-electron chi connectivity index (χ3n) is 6.44. The molecule has 8 nitrogen and oxygen atoms in total.